The Morgan fingerprint density at radius 3 is 2.23 bits per heavy atom. The third kappa shape index (κ3) is 6.82. The lowest BCUT2D eigenvalue weighted by Crippen LogP contribution is -2.40. The molecule has 0 unspecified atom stereocenters. The van der Waals surface area contributed by atoms with E-state index in [4.69, 9.17) is 11.6 Å². The van der Waals surface area contributed by atoms with Gasteiger partial charge >= 0.3 is 0 Å². The first kappa shape index (κ1) is 19.9. The van der Waals surface area contributed by atoms with E-state index in [0.29, 0.717) is 23.8 Å². The highest BCUT2D eigenvalue weighted by Gasteiger charge is 2.13. The van der Waals surface area contributed by atoms with Gasteiger partial charge in [0.25, 0.3) is 0 Å². The summed E-state index contributed by atoms with van der Waals surface area (Å²) in [4.78, 5) is 25.9. The number of amides is 2. The number of anilines is 1. The third-order valence-electron chi connectivity index (χ3n) is 3.71. The predicted molar refractivity (Wildman–Crippen MR) is 100 cm³/mol. The van der Waals surface area contributed by atoms with Crippen LogP contribution < -0.4 is 10.6 Å². The summed E-state index contributed by atoms with van der Waals surface area (Å²) >= 11 is 5.81. The van der Waals surface area contributed by atoms with E-state index in [-0.39, 0.29) is 30.7 Å². The fraction of sp³-hybridized carbons (Fsp3) is 0.263. The third-order valence-corrected chi connectivity index (χ3v) is 3.96. The average molecular weight is 378 g/mol. The Kier molecular flexibility index (Phi) is 7.56. The number of nitrogens with one attached hydrogen (secondary N) is 2. The minimum atomic E-state index is -0.316. The molecule has 0 aliphatic carbocycles. The van der Waals surface area contributed by atoms with E-state index in [1.165, 1.54) is 12.1 Å². The normalized spacial score (nSPS) is 10.6. The van der Waals surface area contributed by atoms with Crippen LogP contribution in [0.25, 0.3) is 0 Å². The highest BCUT2D eigenvalue weighted by Crippen LogP contribution is 2.13. The van der Waals surface area contributed by atoms with Crippen LogP contribution in [0.2, 0.25) is 5.02 Å². The van der Waals surface area contributed by atoms with Gasteiger partial charge < -0.3 is 10.6 Å². The molecule has 0 aliphatic rings. The zero-order chi connectivity index (χ0) is 18.9. The maximum Gasteiger partial charge on any atom is 0.238 e. The van der Waals surface area contributed by atoms with Crippen molar-refractivity contribution in [1.29, 1.82) is 0 Å². The molecule has 0 fully saturated rings. The zero-order valence-corrected chi connectivity index (χ0v) is 15.2. The molecule has 26 heavy (non-hydrogen) atoms. The van der Waals surface area contributed by atoms with Gasteiger partial charge in [0.1, 0.15) is 5.82 Å². The number of halogens is 2. The molecule has 7 heteroatoms. The molecule has 138 valence electrons. The topological polar surface area (TPSA) is 61.4 Å². The highest BCUT2D eigenvalue weighted by atomic mass is 35.5. The van der Waals surface area contributed by atoms with E-state index in [9.17, 15) is 14.0 Å². The Bertz CT molecular complexity index is 735. The minimum Gasteiger partial charge on any atom is -0.351 e. The van der Waals surface area contributed by atoms with E-state index in [1.807, 2.05) is 6.92 Å². The molecule has 0 saturated heterocycles. The largest absolute Gasteiger partial charge is 0.351 e. The van der Waals surface area contributed by atoms with Gasteiger partial charge in [-0.1, -0.05) is 30.7 Å². The van der Waals surface area contributed by atoms with Crippen LogP contribution in [0.4, 0.5) is 10.1 Å². The standard InChI is InChI=1S/C19H21ClFN3O2/c1-2-24(13-19(26)23-17-9-5-15(20)6-10-17)12-18(25)22-11-14-3-7-16(21)8-4-14/h3-10H,2,11-13H2,1H3,(H,22,25)(H,23,26). The number of benzene rings is 2. The number of hydrogen-bond acceptors (Lipinski definition) is 3. The van der Waals surface area contributed by atoms with Crippen LogP contribution in [-0.4, -0.2) is 36.3 Å². The van der Waals surface area contributed by atoms with E-state index < -0.39 is 0 Å². The van der Waals surface area contributed by atoms with E-state index in [0.717, 1.165) is 5.56 Å². The monoisotopic (exact) mass is 377 g/mol. The van der Waals surface area contributed by atoms with Crippen LogP contribution in [0.1, 0.15) is 12.5 Å². The smallest absolute Gasteiger partial charge is 0.238 e. The average Bonchev–Trinajstić information content (AvgIpc) is 2.62. The second-order valence-corrected chi connectivity index (χ2v) is 6.20. The number of rotatable bonds is 8. The van der Waals surface area contributed by atoms with Crippen molar-refractivity contribution in [2.24, 2.45) is 0 Å². The van der Waals surface area contributed by atoms with Gasteiger partial charge in [0.15, 0.2) is 0 Å². The molecule has 0 spiro atoms. The summed E-state index contributed by atoms with van der Waals surface area (Å²) in [6.07, 6.45) is 0. The Hall–Kier alpha value is -2.44. The molecule has 2 N–H and O–H groups in total. The molecule has 0 atom stereocenters. The molecule has 0 bridgehead atoms. The summed E-state index contributed by atoms with van der Waals surface area (Å²) in [5.74, 6) is -0.722. The van der Waals surface area contributed by atoms with Crippen LogP contribution in [0.15, 0.2) is 48.5 Å². The lowest BCUT2D eigenvalue weighted by atomic mass is 10.2. The van der Waals surface area contributed by atoms with Crippen LogP contribution >= 0.6 is 11.6 Å². The molecular weight excluding hydrogens is 357 g/mol. The number of likely N-dealkylation sites (N-methyl/N-ethyl adjacent to an activating group) is 1. The quantitative estimate of drug-likeness (QED) is 0.743. The van der Waals surface area contributed by atoms with Gasteiger partial charge in [0, 0.05) is 17.3 Å². The fourth-order valence-electron chi connectivity index (χ4n) is 2.28. The molecule has 0 radical (unpaired) electrons. The number of carbonyl (C=O) groups excluding carboxylic acids is 2. The van der Waals surface area contributed by atoms with Gasteiger partial charge in [0.2, 0.25) is 11.8 Å². The summed E-state index contributed by atoms with van der Waals surface area (Å²) in [5, 5.41) is 6.12. The van der Waals surface area contributed by atoms with Crippen LogP contribution in [-0.2, 0) is 16.1 Å². The first-order valence-corrected chi connectivity index (χ1v) is 8.63. The summed E-state index contributed by atoms with van der Waals surface area (Å²) in [6.45, 7) is 2.95. The molecule has 0 saturated carbocycles. The molecule has 2 aromatic carbocycles. The second-order valence-electron chi connectivity index (χ2n) is 5.76. The van der Waals surface area contributed by atoms with Gasteiger partial charge in [-0.05, 0) is 48.5 Å². The molecule has 0 aromatic heterocycles. The second kappa shape index (κ2) is 9.89. The molecule has 0 heterocycles. The van der Waals surface area contributed by atoms with Crippen LogP contribution in [0.3, 0.4) is 0 Å². The van der Waals surface area contributed by atoms with E-state index in [1.54, 1.807) is 41.3 Å². The summed E-state index contributed by atoms with van der Waals surface area (Å²) in [6, 6.07) is 12.7. The summed E-state index contributed by atoms with van der Waals surface area (Å²) in [7, 11) is 0. The first-order chi connectivity index (χ1) is 12.5. The van der Waals surface area contributed by atoms with Crippen molar-refractivity contribution in [3.05, 3.63) is 64.9 Å². The van der Waals surface area contributed by atoms with Gasteiger partial charge in [-0.3, -0.25) is 14.5 Å². The molecular formula is C19H21ClFN3O2. The van der Waals surface area contributed by atoms with Crippen molar-refractivity contribution >= 4 is 29.1 Å². The molecule has 0 aliphatic heterocycles. The lowest BCUT2D eigenvalue weighted by Gasteiger charge is -2.19. The Labute approximate surface area is 157 Å². The van der Waals surface area contributed by atoms with Crippen LogP contribution in [0.5, 0.6) is 0 Å². The van der Waals surface area contributed by atoms with Crippen molar-refractivity contribution < 1.29 is 14.0 Å². The van der Waals surface area contributed by atoms with Crippen molar-refractivity contribution in [3.63, 3.8) is 0 Å². The molecule has 2 amide bonds. The molecule has 2 rings (SSSR count). The maximum absolute atomic E-state index is 12.9. The number of hydrogen-bond donors (Lipinski definition) is 2. The zero-order valence-electron chi connectivity index (χ0n) is 14.5. The fourth-order valence-corrected chi connectivity index (χ4v) is 2.40. The molecule has 5 nitrogen and oxygen atoms in total. The Morgan fingerprint density at radius 2 is 1.62 bits per heavy atom. The number of carbonyl (C=O) groups is 2. The van der Waals surface area contributed by atoms with E-state index >= 15 is 0 Å². The van der Waals surface area contributed by atoms with Crippen molar-refractivity contribution in [2.45, 2.75) is 13.5 Å². The number of nitrogens with zero attached hydrogens (tertiary/aromatic N) is 1. The predicted octanol–water partition coefficient (Wildman–Crippen LogP) is 3.06. The maximum atomic E-state index is 12.9. The summed E-state index contributed by atoms with van der Waals surface area (Å²) < 4.78 is 12.9. The van der Waals surface area contributed by atoms with Crippen LogP contribution in [0, 0.1) is 5.82 Å². The minimum absolute atomic E-state index is 0.100. The van der Waals surface area contributed by atoms with E-state index in [2.05, 4.69) is 10.6 Å². The Morgan fingerprint density at radius 1 is 1.00 bits per heavy atom. The Balaban J connectivity index is 1.78. The summed E-state index contributed by atoms with van der Waals surface area (Å²) in [5.41, 5.74) is 1.46. The van der Waals surface area contributed by atoms with Crippen molar-refractivity contribution in [1.82, 2.24) is 10.2 Å². The lowest BCUT2D eigenvalue weighted by molar-refractivity contribution is -0.123. The highest BCUT2D eigenvalue weighted by molar-refractivity contribution is 6.30. The van der Waals surface area contributed by atoms with Crippen molar-refractivity contribution in [2.75, 3.05) is 25.0 Å². The van der Waals surface area contributed by atoms with Gasteiger partial charge in [-0.25, -0.2) is 4.39 Å². The SMILES string of the molecule is CCN(CC(=O)NCc1ccc(F)cc1)CC(=O)Nc1ccc(Cl)cc1. The molecule has 2 aromatic rings. The van der Waals surface area contributed by atoms with Gasteiger partial charge in [-0.2, -0.15) is 0 Å². The first-order valence-electron chi connectivity index (χ1n) is 8.25. The van der Waals surface area contributed by atoms with Gasteiger partial charge in [0.05, 0.1) is 13.1 Å². The van der Waals surface area contributed by atoms with Crippen molar-refractivity contribution in [3.8, 4) is 0 Å². The van der Waals surface area contributed by atoms with Gasteiger partial charge in [-0.15, -0.1) is 0 Å².